The lowest BCUT2D eigenvalue weighted by atomic mass is 9.85. The molecule has 6 nitrogen and oxygen atoms in total. The number of aromatic nitrogens is 2. The van der Waals surface area contributed by atoms with E-state index < -0.39 is 0 Å². The van der Waals surface area contributed by atoms with E-state index in [2.05, 4.69) is 38.1 Å². The van der Waals surface area contributed by atoms with Gasteiger partial charge in [0.05, 0.1) is 5.69 Å². The molecule has 3 heterocycles. The maximum absolute atomic E-state index is 9.99. The first-order chi connectivity index (χ1) is 13.7. The third-order valence-corrected chi connectivity index (χ3v) is 7.33. The second kappa shape index (κ2) is 9.70. The summed E-state index contributed by atoms with van der Waals surface area (Å²) >= 11 is 0. The van der Waals surface area contributed by atoms with Gasteiger partial charge in [-0.1, -0.05) is 19.3 Å². The highest BCUT2D eigenvalue weighted by Gasteiger charge is 2.34. The molecule has 1 aromatic rings. The highest BCUT2D eigenvalue weighted by molar-refractivity contribution is 5.21. The van der Waals surface area contributed by atoms with Crippen molar-refractivity contribution in [3.63, 3.8) is 0 Å². The fourth-order valence-electron chi connectivity index (χ4n) is 5.62. The molecule has 0 radical (unpaired) electrons. The minimum Gasteiger partial charge on any atom is -0.396 e. The lowest BCUT2D eigenvalue weighted by Gasteiger charge is -2.26. The predicted octanol–water partition coefficient (Wildman–Crippen LogP) is 2.14. The summed E-state index contributed by atoms with van der Waals surface area (Å²) < 4.78 is 0. The van der Waals surface area contributed by atoms with Crippen molar-refractivity contribution in [3.8, 4) is 0 Å². The molecule has 0 aromatic carbocycles. The van der Waals surface area contributed by atoms with Crippen LogP contribution in [0.1, 0.15) is 55.7 Å². The number of likely N-dealkylation sites (tertiary alicyclic amines) is 1. The molecule has 28 heavy (non-hydrogen) atoms. The first-order valence-corrected chi connectivity index (χ1v) is 11.5. The van der Waals surface area contributed by atoms with Crippen molar-refractivity contribution >= 4 is 0 Å². The van der Waals surface area contributed by atoms with Gasteiger partial charge in [0.1, 0.15) is 0 Å². The van der Waals surface area contributed by atoms with Crippen LogP contribution in [0.15, 0.2) is 6.20 Å². The zero-order chi connectivity index (χ0) is 19.3. The Labute approximate surface area is 170 Å². The van der Waals surface area contributed by atoms with Crippen molar-refractivity contribution < 1.29 is 5.11 Å². The van der Waals surface area contributed by atoms with Gasteiger partial charge in [0.15, 0.2) is 0 Å². The normalized spacial score (nSPS) is 29.4. The second-order valence-corrected chi connectivity index (χ2v) is 9.48. The summed E-state index contributed by atoms with van der Waals surface area (Å²) in [4.78, 5) is 7.63. The van der Waals surface area contributed by atoms with Crippen LogP contribution >= 0.6 is 0 Å². The molecule has 158 valence electrons. The van der Waals surface area contributed by atoms with Gasteiger partial charge < -0.3 is 14.9 Å². The number of nitrogens with one attached hydrogen (secondary N) is 1. The Morgan fingerprint density at radius 3 is 2.64 bits per heavy atom. The summed E-state index contributed by atoms with van der Waals surface area (Å²) in [5.74, 6) is 1.64. The smallest absolute Gasteiger partial charge is 0.0697 e. The van der Waals surface area contributed by atoms with Gasteiger partial charge in [-0.25, -0.2) is 0 Å². The fourth-order valence-corrected chi connectivity index (χ4v) is 5.62. The van der Waals surface area contributed by atoms with Crippen molar-refractivity contribution in [2.24, 2.45) is 11.8 Å². The maximum Gasteiger partial charge on any atom is 0.0697 e. The summed E-state index contributed by atoms with van der Waals surface area (Å²) in [7, 11) is 2.23. The lowest BCUT2D eigenvalue weighted by Crippen LogP contribution is -2.36. The Balaban J connectivity index is 1.34. The Morgan fingerprint density at radius 1 is 1.00 bits per heavy atom. The van der Waals surface area contributed by atoms with Crippen molar-refractivity contribution in [2.75, 3.05) is 59.5 Å². The molecule has 1 saturated carbocycles. The quantitative estimate of drug-likeness (QED) is 0.781. The SMILES string of the molecule is CN1CCCN(C[C@@H]2CN(Cc3c[nH]nc3C3CCCCC3)C[C@@H]2CO)CC1. The Bertz CT molecular complexity index is 600. The van der Waals surface area contributed by atoms with Gasteiger partial charge in [0.25, 0.3) is 0 Å². The molecule has 3 aliphatic rings. The van der Waals surface area contributed by atoms with E-state index in [1.54, 1.807) is 0 Å². The molecule has 2 saturated heterocycles. The number of nitrogens with zero attached hydrogens (tertiary/aromatic N) is 4. The molecule has 2 atom stereocenters. The van der Waals surface area contributed by atoms with Gasteiger partial charge in [-0.2, -0.15) is 5.10 Å². The fraction of sp³-hybridized carbons (Fsp3) is 0.864. The Morgan fingerprint density at radius 2 is 1.82 bits per heavy atom. The summed E-state index contributed by atoms with van der Waals surface area (Å²) in [6.45, 7) is 9.30. The largest absolute Gasteiger partial charge is 0.396 e. The predicted molar refractivity (Wildman–Crippen MR) is 112 cm³/mol. The topological polar surface area (TPSA) is 58.6 Å². The minimum atomic E-state index is 0.315. The van der Waals surface area contributed by atoms with E-state index >= 15 is 0 Å². The Kier molecular flexibility index (Phi) is 7.04. The number of rotatable bonds is 6. The zero-order valence-electron chi connectivity index (χ0n) is 17.7. The first-order valence-electron chi connectivity index (χ1n) is 11.5. The molecule has 0 amide bonds. The number of aliphatic hydroxyl groups is 1. The van der Waals surface area contributed by atoms with Crippen LogP contribution in [0.2, 0.25) is 0 Å². The van der Waals surface area contributed by atoms with E-state index in [9.17, 15) is 5.11 Å². The number of aliphatic hydroxyl groups excluding tert-OH is 1. The highest BCUT2D eigenvalue weighted by atomic mass is 16.3. The van der Waals surface area contributed by atoms with Crippen LogP contribution < -0.4 is 0 Å². The van der Waals surface area contributed by atoms with Gasteiger partial charge in [0, 0.05) is 63.6 Å². The maximum atomic E-state index is 9.99. The van der Waals surface area contributed by atoms with Crippen molar-refractivity contribution in [1.29, 1.82) is 0 Å². The molecule has 1 aromatic heterocycles. The van der Waals surface area contributed by atoms with Crippen LogP contribution in [0.3, 0.4) is 0 Å². The zero-order valence-corrected chi connectivity index (χ0v) is 17.7. The molecular weight excluding hydrogens is 350 g/mol. The highest BCUT2D eigenvalue weighted by Crippen LogP contribution is 2.34. The van der Waals surface area contributed by atoms with Crippen LogP contribution in [0.5, 0.6) is 0 Å². The molecule has 0 unspecified atom stereocenters. The molecular formula is C22H39N5O. The number of H-pyrrole nitrogens is 1. The molecule has 2 N–H and O–H groups in total. The molecule has 6 heteroatoms. The monoisotopic (exact) mass is 389 g/mol. The van der Waals surface area contributed by atoms with E-state index in [0.717, 1.165) is 26.2 Å². The number of hydrogen-bond donors (Lipinski definition) is 2. The first kappa shape index (κ1) is 20.3. The molecule has 4 rings (SSSR count). The van der Waals surface area contributed by atoms with Gasteiger partial charge in [0.2, 0.25) is 0 Å². The molecule has 2 aliphatic heterocycles. The Hall–Kier alpha value is -0.950. The summed E-state index contributed by atoms with van der Waals surface area (Å²) in [5.41, 5.74) is 2.71. The van der Waals surface area contributed by atoms with Gasteiger partial charge in [-0.15, -0.1) is 0 Å². The van der Waals surface area contributed by atoms with Crippen molar-refractivity contribution in [2.45, 2.75) is 51.0 Å². The van der Waals surface area contributed by atoms with Crippen LogP contribution in [-0.2, 0) is 6.54 Å². The van der Waals surface area contributed by atoms with Crippen molar-refractivity contribution in [3.05, 3.63) is 17.5 Å². The van der Waals surface area contributed by atoms with E-state index in [-0.39, 0.29) is 0 Å². The average Bonchev–Trinajstić information content (AvgIpc) is 3.27. The number of likely N-dealkylation sites (N-methyl/N-ethyl adjacent to an activating group) is 1. The average molecular weight is 390 g/mol. The van der Waals surface area contributed by atoms with Crippen molar-refractivity contribution in [1.82, 2.24) is 24.9 Å². The summed E-state index contributed by atoms with van der Waals surface area (Å²) in [6.07, 6.45) is 10.0. The van der Waals surface area contributed by atoms with E-state index in [1.165, 1.54) is 76.0 Å². The summed E-state index contributed by atoms with van der Waals surface area (Å²) in [6, 6.07) is 0. The standard InChI is InChI=1S/C22H39N5O/c1-25-8-5-9-26(11-10-25)14-20-15-27(16-21(20)17-28)13-19-12-23-24-22(19)18-6-3-2-4-7-18/h12,18,20-21,28H,2-11,13-17H2,1H3,(H,23,24)/t20-,21-/m1/s1. The van der Waals surface area contributed by atoms with Crippen LogP contribution in [0.4, 0.5) is 0 Å². The second-order valence-electron chi connectivity index (χ2n) is 9.48. The van der Waals surface area contributed by atoms with E-state index in [0.29, 0.717) is 24.4 Å². The van der Waals surface area contributed by atoms with E-state index in [1.807, 2.05) is 0 Å². The van der Waals surface area contributed by atoms with Gasteiger partial charge in [-0.05, 0) is 51.2 Å². The minimum absolute atomic E-state index is 0.315. The van der Waals surface area contributed by atoms with Gasteiger partial charge >= 0.3 is 0 Å². The number of hydrogen-bond acceptors (Lipinski definition) is 5. The number of aromatic amines is 1. The van der Waals surface area contributed by atoms with E-state index in [4.69, 9.17) is 0 Å². The molecule has 0 bridgehead atoms. The molecule has 3 fully saturated rings. The third kappa shape index (κ3) is 4.96. The summed E-state index contributed by atoms with van der Waals surface area (Å²) in [5, 5.41) is 17.8. The molecule has 1 aliphatic carbocycles. The lowest BCUT2D eigenvalue weighted by molar-refractivity contribution is 0.165. The van der Waals surface area contributed by atoms with Crippen LogP contribution in [0, 0.1) is 11.8 Å². The third-order valence-electron chi connectivity index (χ3n) is 7.33. The van der Waals surface area contributed by atoms with Crippen LogP contribution in [0.25, 0.3) is 0 Å². The van der Waals surface area contributed by atoms with Gasteiger partial charge in [-0.3, -0.25) is 10.00 Å². The molecule has 0 spiro atoms. The van der Waals surface area contributed by atoms with Crippen LogP contribution in [-0.4, -0.2) is 89.5 Å².